The zero-order valence-corrected chi connectivity index (χ0v) is 11.8. The van der Waals surface area contributed by atoms with Crippen LogP contribution in [0.15, 0.2) is 12.4 Å². The average molecular weight is 279 g/mol. The number of ether oxygens (including phenoxy) is 1. The quantitative estimate of drug-likeness (QED) is 0.862. The number of anilines is 1. The van der Waals surface area contributed by atoms with Crippen molar-refractivity contribution in [1.29, 1.82) is 0 Å². The van der Waals surface area contributed by atoms with Gasteiger partial charge in [-0.15, -0.1) is 0 Å². The molecule has 1 atom stereocenters. The summed E-state index contributed by atoms with van der Waals surface area (Å²) in [6.07, 6.45) is 4.56. The lowest BCUT2D eigenvalue weighted by atomic mass is 10.3. The van der Waals surface area contributed by atoms with Crippen LogP contribution >= 0.6 is 0 Å². The van der Waals surface area contributed by atoms with Crippen LogP contribution in [0.2, 0.25) is 0 Å². The highest BCUT2D eigenvalue weighted by Gasteiger charge is 2.21. The van der Waals surface area contributed by atoms with Crippen LogP contribution in [0.25, 0.3) is 0 Å². The number of hydrogen-bond acceptors (Lipinski definition) is 4. The smallest absolute Gasteiger partial charge is 0.322 e. The number of urea groups is 1. The summed E-state index contributed by atoms with van der Waals surface area (Å²) in [6, 6.07) is 0.254. The summed E-state index contributed by atoms with van der Waals surface area (Å²) in [5, 5.41) is 7.22. The van der Waals surface area contributed by atoms with Gasteiger partial charge in [-0.05, 0) is 13.5 Å². The fourth-order valence-electron chi connectivity index (χ4n) is 2.55. The Kier molecular flexibility index (Phi) is 3.88. The lowest BCUT2D eigenvalue weighted by Crippen LogP contribution is -2.48. The van der Waals surface area contributed by atoms with Crippen molar-refractivity contribution in [3.8, 4) is 0 Å². The summed E-state index contributed by atoms with van der Waals surface area (Å²) in [6.45, 7) is 4.87. The van der Waals surface area contributed by atoms with Crippen LogP contribution < -0.4 is 5.32 Å². The van der Waals surface area contributed by atoms with Crippen LogP contribution in [0.3, 0.4) is 0 Å². The van der Waals surface area contributed by atoms with Crippen LogP contribution in [0.5, 0.6) is 0 Å². The van der Waals surface area contributed by atoms with E-state index in [0.717, 1.165) is 44.9 Å². The van der Waals surface area contributed by atoms with Crippen molar-refractivity contribution in [2.75, 3.05) is 51.8 Å². The van der Waals surface area contributed by atoms with Crippen LogP contribution in [-0.2, 0) is 4.74 Å². The second-order valence-electron chi connectivity index (χ2n) is 5.45. The van der Waals surface area contributed by atoms with Gasteiger partial charge in [0.15, 0.2) is 0 Å². The molecule has 3 heterocycles. The molecule has 0 radical (unpaired) electrons. The van der Waals surface area contributed by atoms with Crippen molar-refractivity contribution >= 4 is 11.7 Å². The van der Waals surface area contributed by atoms with E-state index in [-0.39, 0.29) is 6.03 Å². The molecule has 3 rings (SSSR count). The zero-order chi connectivity index (χ0) is 13.9. The number of amides is 2. The number of carbonyl (C=O) groups excluding carboxylic acids is 1. The Balaban J connectivity index is 1.56. The summed E-state index contributed by atoms with van der Waals surface area (Å²) in [7, 11) is 2.07. The van der Waals surface area contributed by atoms with Crippen LogP contribution in [0, 0.1) is 0 Å². The minimum absolute atomic E-state index is 0.0414. The Morgan fingerprint density at radius 3 is 2.90 bits per heavy atom. The molecule has 0 aliphatic carbocycles. The molecule has 7 heteroatoms. The van der Waals surface area contributed by atoms with E-state index in [2.05, 4.69) is 22.4 Å². The van der Waals surface area contributed by atoms with Crippen molar-refractivity contribution < 1.29 is 9.53 Å². The maximum atomic E-state index is 12.1. The van der Waals surface area contributed by atoms with Crippen molar-refractivity contribution in [2.24, 2.45) is 0 Å². The highest BCUT2D eigenvalue weighted by atomic mass is 16.5. The van der Waals surface area contributed by atoms with Crippen molar-refractivity contribution in [3.63, 3.8) is 0 Å². The van der Waals surface area contributed by atoms with Gasteiger partial charge in [-0.2, -0.15) is 5.10 Å². The van der Waals surface area contributed by atoms with Gasteiger partial charge < -0.3 is 19.9 Å². The van der Waals surface area contributed by atoms with Gasteiger partial charge in [-0.25, -0.2) is 4.79 Å². The predicted octanol–water partition coefficient (Wildman–Crippen LogP) is 0.624. The normalized spacial score (nSPS) is 24.1. The molecule has 2 aliphatic heterocycles. The van der Waals surface area contributed by atoms with Gasteiger partial charge in [0.05, 0.1) is 24.5 Å². The molecule has 1 aromatic rings. The van der Waals surface area contributed by atoms with Gasteiger partial charge in [0, 0.05) is 39.0 Å². The molecule has 2 amide bonds. The van der Waals surface area contributed by atoms with Gasteiger partial charge in [-0.3, -0.25) is 4.68 Å². The van der Waals surface area contributed by atoms with E-state index in [0.29, 0.717) is 12.6 Å². The van der Waals surface area contributed by atoms with Gasteiger partial charge in [-0.1, -0.05) is 0 Å². The highest BCUT2D eigenvalue weighted by molar-refractivity contribution is 5.89. The summed E-state index contributed by atoms with van der Waals surface area (Å²) in [4.78, 5) is 16.2. The summed E-state index contributed by atoms with van der Waals surface area (Å²) in [5.74, 6) is 0. The van der Waals surface area contributed by atoms with Gasteiger partial charge in [0.25, 0.3) is 0 Å². The average Bonchev–Trinajstić information content (AvgIpc) is 3.09. The molecule has 2 fully saturated rings. The second kappa shape index (κ2) is 5.80. The molecule has 7 nitrogen and oxygen atoms in total. The monoisotopic (exact) mass is 279 g/mol. The SMILES string of the molecule is CN1CCN(C(=O)Nc2cnn([C@H]3CCOC3)c2)CC1. The van der Waals surface area contributed by atoms with Crippen LogP contribution in [0.4, 0.5) is 10.5 Å². The van der Waals surface area contributed by atoms with Crippen LogP contribution in [-0.4, -0.2) is 72.1 Å². The second-order valence-corrected chi connectivity index (χ2v) is 5.45. The van der Waals surface area contributed by atoms with E-state index in [1.807, 2.05) is 15.8 Å². The first kappa shape index (κ1) is 13.4. The van der Waals surface area contributed by atoms with Crippen molar-refractivity contribution in [1.82, 2.24) is 19.6 Å². The molecule has 2 saturated heterocycles. The molecular weight excluding hydrogens is 258 g/mol. The van der Waals surface area contributed by atoms with Crippen molar-refractivity contribution in [2.45, 2.75) is 12.5 Å². The Bertz CT molecular complexity index is 461. The standard InChI is InChI=1S/C13H21N5O2/c1-16-3-5-17(6-4-16)13(19)15-11-8-14-18(9-11)12-2-7-20-10-12/h8-9,12H,2-7,10H2,1H3,(H,15,19)/t12-/m0/s1. The molecule has 20 heavy (non-hydrogen) atoms. The molecule has 0 spiro atoms. The fourth-order valence-corrected chi connectivity index (χ4v) is 2.55. The maximum absolute atomic E-state index is 12.1. The summed E-state index contributed by atoms with van der Waals surface area (Å²) >= 11 is 0. The van der Waals surface area contributed by atoms with Crippen LogP contribution in [0.1, 0.15) is 12.5 Å². The number of rotatable bonds is 2. The first-order valence-electron chi connectivity index (χ1n) is 7.09. The third-order valence-corrected chi connectivity index (χ3v) is 3.92. The predicted molar refractivity (Wildman–Crippen MR) is 74.8 cm³/mol. The number of nitrogens with zero attached hydrogens (tertiary/aromatic N) is 4. The molecular formula is C13H21N5O2. The first-order valence-corrected chi connectivity index (χ1v) is 7.09. The molecule has 1 aromatic heterocycles. The minimum atomic E-state index is -0.0414. The van der Waals surface area contributed by atoms with Gasteiger partial charge in [0.2, 0.25) is 0 Å². The number of aromatic nitrogens is 2. The molecule has 0 saturated carbocycles. The number of nitrogens with one attached hydrogen (secondary N) is 1. The number of carbonyl (C=O) groups is 1. The molecule has 0 bridgehead atoms. The Morgan fingerprint density at radius 1 is 1.40 bits per heavy atom. The topological polar surface area (TPSA) is 62.6 Å². The minimum Gasteiger partial charge on any atom is -0.379 e. The lowest BCUT2D eigenvalue weighted by Gasteiger charge is -2.32. The number of piperazine rings is 1. The van der Waals surface area contributed by atoms with E-state index in [4.69, 9.17) is 4.74 Å². The molecule has 2 aliphatic rings. The Morgan fingerprint density at radius 2 is 2.20 bits per heavy atom. The van der Waals surface area contributed by atoms with E-state index >= 15 is 0 Å². The fraction of sp³-hybridized carbons (Fsp3) is 0.692. The largest absolute Gasteiger partial charge is 0.379 e. The zero-order valence-electron chi connectivity index (χ0n) is 11.8. The maximum Gasteiger partial charge on any atom is 0.322 e. The molecule has 0 aromatic carbocycles. The summed E-state index contributed by atoms with van der Waals surface area (Å²) in [5.41, 5.74) is 0.751. The third kappa shape index (κ3) is 2.94. The molecule has 1 N–H and O–H groups in total. The summed E-state index contributed by atoms with van der Waals surface area (Å²) < 4.78 is 7.23. The lowest BCUT2D eigenvalue weighted by molar-refractivity contribution is 0.164. The van der Waals surface area contributed by atoms with E-state index in [1.165, 1.54) is 0 Å². The van der Waals surface area contributed by atoms with Crippen molar-refractivity contribution in [3.05, 3.63) is 12.4 Å². The Labute approximate surface area is 118 Å². The highest BCUT2D eigenvalue weighted by Crippen LogP contribution is 2.19. The molecule has 0 unspecified atom stereocenters. The number of likely N-dealkylation sites (N-methyl/N-ethyl adjacent to an activating group) is 1. The number of hydrogen-bond donors (Lipinski definition) is 1. The Hall–Kier alpha value is -1.60. The van der Waals surface area contributed by atoms with Gasteiger partial charge in [0.1, 0.15) is 0 Å². The van der Waals surface area contributed by atoms with Gasteiger partial charge >= 0.3 is 6.03 Å². The van der Waals surface area contributed by atoms with E-state index in [1.54, 1.807) is 6.20 Å². The third-order valence-electron chi connectivity index (χ3n) is 3.92. The first-order chi connectivity index (χ1) is 9.72. The van der Waals surface area contributed by atoms with E-state index < -0.39 is 0 Å². The van der Waals surface area contributed by atoms with E-state index in [9.17, 15) is 4.79 Å². The molecule has 110 valence electrons.